The van der Waals surface area contributed by atoms with Crippen LogP contribution < -0.4 is 21.9 Å². The molecule has 0 aliphatic carbocycles. The van der Waals surface area contributed by atoms with E-state index in [1.54, 1.807) is 36.4 Å². The van der Waals surface area contributed by atoms with E-state index >= 15 is 0 Å². The molecule has 0 atom stereocenters. The molecule has 0 spiro atoms. The average Bonchev–Trinajstić information content (AvgIpc) is 2.80. The summed E-state index contributed by atoms with van der Waals surface area (Å²) in [6.45, 7) is 3.14. The van der Waals surface area contributed by atoms with Crippen molar-refractivity contribution in [2.24, 2.45) is 5.92 Å². The van der Waals surface area contributed by atoms with Crippen molar-refractivity contribution in [3.05, 3.63) is 86.6 Å². The van der Waals surface area contributed by atoms with Gasteiger partial charge in [-0.05, 0) is 23.6 Å². The molecular formula is C24H26N4O6. The van der Waals surface area contributed by atoms with Crippen molar-refractivity contribution in [2.75, 3.05) is 23.8 Å². The van der Waals surface area contributed by atoms with Crippen molar-refractivity contribution < 1.29 is 19.4 Å². The number of nitrogens with one attached hydrogen (secondary N) is 1. The summed E-state index contributed by atoms with van der Waals surface area (Å²) >= 11 is 0. The summed E-state index contributed by atoms with van der Waals surface area (Å²) in [5.74, 6) is -2.15. The number of carbonyl (C=O) groups is 2. The van der Waals surface area contributed by atoms with E-state index in [2.05, 4.69) is 4.98 Å². The monoisotopic (exact) mass is 466 g/mol. The molecule has 1 aromatic heterocycles. The van der Waals surface area contributed by atoms with Crippen LogP contribution in [0.4, 0.5) is 11.5 Å². The number of ether oxygens (including phenoxy) is 1. The zero-order valence-electron chi connectivity index (χ0n) is 18.9. The maximum atomic E-state index is 13.0. The van der Waals surface area contributed by atoms with E-state index in [0.29, 0.717) is 0 Å². The molecule has 10 heteroatoms. The van der Waals surface area contributed by atoms with Crippen LogP contribution >= 0.6 is 0 Å². The van der Waals surface area contributed by atoms with Crippen LogP contribution in [-0.4, -0.2) is 39.7 Å². The van der Waals surface area contributed by atoms with Crippen LogP contribution in [0.5, 0.6) is 5.75 Å². The van der Waals surface area contributed by atoms with Gasteiger partial charge in [0.2, 0.25) is 0 Å². The van der Waals surface area contributed by atoms with Crippen LogP contribution in [0, 0.1) is 5.92 Å². The Morgan fingerprint density at radius 3 is 2.38 bits per heavy atom. The highest BCUT2D eigenvalue weighted by atomic mass is 16.5. The van der Waals surface area contributed by atoms with Gasteiger partial charge in [0.25, 0.3) is 11.5 Å². The molecular weight excluding hydrogens is 440 g/mol. The van der Waals surface area contributed by atoms with Gasteiger partial charge in [-0.2, -0.15) is 0 Å². The first-order valence-corrected chi connectivity index (χ1v) is 10.6. The second-order valence-electron chi connectivity index (χ2n) is 8.06. The van der Waals surface area contributed by atoms with Crippen molar-refractivity contribution in [3.63, 3.8) is 0 Å². The van der Waals surface area contributed by atoms with Gasteiger partial charge in [-0.3, -0.25) is 19.1 Å². The van der Waals surface area contributed by atoms with Gasteiger partial charge in [0.15, 0.2) is 12.3 Å². The third kappa shape index (κ3) is 5.52. The van der Waals surface area contributed by atoms with Gasteiger partial charge in [0, 0.05) is 6.54 Å². The number of rotatable bonds is 8. The molecule has 0 radical (unpaired) electrons. The molecule has 4 N–H and O–H groups in total. The lowest BCUT2D eigenvalue weighted by Gasteiger charge is -2.26. The number of esters is 1. The zero-order chi connectivity index (χ0) is 24.8. The molecule has 0 aliphatic heterocycles. The highest BCUT2D eigenvalue weighted by Crippen LogP contribution is 2.20. The summed E-state index contributed by atoms with van der Waals surface area (Å²) in [5, 5.41) is 9.81. The first-order valence-electron chi connectivity index (χ1n) is 10.6. The minimum atomic E-state index is -0.896. The van der Waals surface area contributed by atoms with Gasteiger partial charge in [0.1, 0.15) is 17.1 Å². The van der Waals surface area contributed by atoms with E-state index < -0.39 is 29.7 Å². The molecule has 0 saturated heterocycles. The van der Waals surface area contributed by atoms with E-state index in [9.17, 15) is 24.3 Å². The Hall–Kier alpha value is -4.34. The summed E-state index contributed by atoms with van der Waals surface area (Å²) in [5.41, 5.74) is 5.16. The molecule has 1 heterocycles. The van der Waals surface area contributed by atoms with Crippen molar-refractivity contribution in [3.8, 4) is 5.75 Å². The Morgan fingerprint density at radius 2 is 1.74 bits per heavy atom. The van der Waals surface area contributed by atoms with Gasteiger partial charge in [-0.1, -0.05) is 56.3 Å². The van der Waals surface area contributed by atoms with Crippen LogP contribution in [-0.2, 0) is 16.1 Å². The number of nitrogen functional groups attached to an aromatic ring is 1. The van der Waals surface area contributed by atoms with Crippen LogP contribution in [0.25, 0.3) is 0 Å². The summed E-state index contributed by atoms with van der Waals surface area (Å²) in [6, 6.07) is 14.8. The largest absolute Gasteiger partial charge is 0.507 e. The van der Waals surface area contributed by atoms with E-state index in [0.717, 1.165) is 10.5 Å². The normalized spacial score (nSPS) is 10.8. The topological polar surface area (TPSA) is 148 Å². The second-order valence-corrected chi connectivity index (χ2v) is 8.06. The van der Waals surface area contributed by atoms with Crippen molar-refractivity contribution in [1.82, 2.24) is 9.55 Å². The number of anilines is 2. The molecule has 0 bridgehead atoms. The van der Waals surface area contributed by atoms with Gasteiger partial charge in [-0.25, -0.2) is 9.59 Å². The number of hydrogen-bond donors (Lipinski definition) is 3. The van der Waals surface area contributed by atoms with Crippen LogP contribution in [0.15, 0.2) is 64.2 Å². The van der Waals surface area contributed by atoms with E-state index in [1.165, 1.54) is 16.7 Å². The molecule has 3 aromatic rings. The minimum Gasteiger partial charge on any atom is -0.507 e. The predicted molar refractivity (Wildman–Crippen MR) is 127 cm³/mol. The lowest BCUT2D eigenvalue weighted by Crippen LogP contribution is -2.44. The number of hydrogen-bond acceptors (Lipinski definition) is 7. The number of aromatic amines is 1. The summed E-state index contributed by atoms with van der Waals surface area (Å²) in [4.78, 5) is 53.8. The summed E-state index contributed by atoms with van der Waals surface area (Å²) in [6.07, 6.45) is 0. The highest BCUT2D eigenvalue weighted by Gasteiger charge is 2.26. The number of amides is 1. The fraction of sp³-hybridized carbons (Fsp3) is 0.250. The molecule has 2 aromatic carbocycles. The number of phenols is 1. The van der Waals surface area contributed by atoms with Gasteiger partial charge in [0.05, 0.1) is 6.54 Å². The van der Waals surface area contributed by atoms with E-state index in [-0.39, 0.29) is 41.8 Å². The number of carbonyl (C=O) groups excluding carboxylic acids is 2. The second kappa shape index (κ2) is 10.5. The number of nitrogens with two attached hydrogens (primary N) is 1. The number of para-hydroxylation sites is 1. The van der Waals surface area contributed by atoms with Gasteiger partial charge < -0.3 is 20.5 Å². The minimum absolute atomic E-state index is 0.0777. The van der Waals surface area contributed by atoms with E-state index in [4.69, 9.17) is 10.5 Å². The molecule has 0 saturated carbocycles. The Labute approximate surface area is 195 Å². The number of aromatic hydroxyl groups is 1. The molecule has 34 heavy (non-hydrogen) atoms. The lowest BCUT2D eigenvalue weighted by molar-refractivity contribution is -0.121. The standard InChI is InChI=1S/C24H26N4O6/c1-15(2)12-27(19(30)14-34-23(32)17-10-6-7-11-18(17)29)20-21(25)28(24(33)26-22(20)31)13-16-8-4-3-5-9-16/h3-11,15,29H,12-14,25H2,1-2H3,(H,26,31,33). The Kier molecular flexibility index (Phi) is 7.52. The Bertz CT molecular complexity index is 1300. The lowest BCUT2D eigenvalue weighted by atomic mass is 10.2. The van der Waals surface area contributed by atoms with E-state index in [1.807, 2.05) is 19.9 Å². The smallest absolute Gasteiger partial charge is 0.342 e. The Balaban J connectivity index is 1.92. The summed E-state index contributed by atoms with van der Waals surface area (Å²) < 4.78 is 6.24. The fourth-order valence-electron chi connectivity index (χ4n) is 3.37. The molecule has 0 aliphatic rings. The van der Waals surface area contributed by atoms with Crippen molar-refractivity contribution in [2.45, 2.75) is 20.4 Å². The quantitative estimate of drug-likeness (QED) is 0.428. The number of phenolic OH excluding ortho intramolecular Hbond substituents is 1. The van der Waals surface area contributed by atoms with Crippen molar-refractivity contribution >= 4 is 23.4 Å². The third-order valence-corrected chi connectivity index (χ3v) is 4.97. The molecule has 1 amide bonds. The van der Waals surface area contributed by atoms with Crippen LogP contribution in [0.2, 0.25) is 0 Å². The van der Waals surface area contributed by atoms with Gasteiger partial charge >= 0.3 is 11.7 Å². The fourth-order valence-corrected chi connectivity index (χ4v) is 3.37. The number of benzene rings is 2. The highest BCUT2D eigenvalue weighted by molar-refractivity contribution is 5.99. The maximum Gasteiger partial charge on any atom is 0.342 e. The van der Waals surface area contributed by atoms with Crippen molar-refractivity contribution in [1.29, 1.82) is 0 Å². The SMILES string of the molecule is CC(C)CN(C(=O)COC(=O)c1ccccc1O)c1c(N)n(Cc2ccccc2)c(=O)[nH]c1=O. The molecule has 0 fully saturated rings. The van der Waals surface area contributed by atoms with Gasteiger partial charge in [-0.15, -0.1) is 0 Å². The van der Waals surface area contributed by atoms with Crippen LogP contribution in [0.3, 0.4) is 0 Å². The molecule has 10 nitrogen and oxygen atoms in total. The number of nitrogens with zero attached hydrogens (tertiary/aromatic N) is 2. The predicted octanol–water partition coefficient (Wildman–Crippen LogP) is 1.72. The first kappa shape index (κ1) is 24.3. The molecule has 178 valence electrons. The average molecular weight is 466 g/mol. The molecule has 3 rings (SSSR count). The number of H-pyrrole nitrogens is 1. The maximum absolute atomic E-state index is 13.0. The Morgan fingerprint density at radius 1 is 1.09 bits per heavy atom. The van der Waals surface area contributed by atoms with Crippen LogP contribution in [0.1, 0.15) is 29.8 Å². The molecule has 0 unspecified atom stereocenters. The number of aromatic nitrogens is 2. The summed E-state index contributed by atoms with van der Waals surface area (Å²) in [7, 11) is 0. The third-order valence-electron chi connectivity index (χ3n) is 4.97. The zero-order valence-corrected chi connectivity index (χ0v) is 18.9. The first-order chi connectivity index (χ1) is 16.2.